The number of rotatable bonds is 5. The summed E-state index contributed by atoms with van der Waals surface area (Å²) in [5.74, 6) is 2.23. The van der Waals surface area contributed by atoms with Gasteiger partial charge in [-0.3, -0.25) is 9.89 Å². The first-order chi connectivity index (χ1) is 14.5. The van der Waals surface area contributed by atoms with Crippen molar-refractivity contribution in [2.24, 2.45) is 11.8 Å². The highest BCUT2D eigenvalue weighted by atomic mass is 16.1. The van der Waals surface area contributed by atoms with E-state index in [1.54, 1.807) is 0 Å². The minimum atomic E-state index is -0.200. The molecule has 0 atom stereocenters. The molecule has 3 fully saturated rings. The predicted molar refractivity (Wildman–Crippen MR) is 120 cm³/mol. The molecule has 0 spiro atoms. The van der Waals surface area contributed by atoms with Crippen LogP contribution in [0.15, 0.2) is 36.4 Å². The topological polar surface area (TPSA) is 73.9 Å². The molecule has 2 aliphatic heterocycles. The zero-order valence-corrected chi connectivity index (χ0v) is 17.7. The van der Waals surface area contributed by atoms with Crippen LogP contribution in [0.1, 0.15) is 55.7 Å². The van der Waals surface area contributed by atoms with Crippen LogP contribution in [-0.2, 0) is 6.42 Å². The van der Waals surface area contributed by atoms with Crippen LogP contribution in [0.2, 0.25) is 0 Å². The van der Waals surface area contributed by atoms with Gasteiger partial charge in [0.1, 0.15) is 5.82 Å². The lowest BCUT2D eigenvalue weighted by Gasteiger charge is -2.46. The molecule has 0 unspecified atom stereocenters. The van der Waals surface area contributed by atoms with E-state index in [2.05, 4.69) is 46.4 Å². The summed E-state index contributed by atoms with van der Waals surface area (Å²) < 4.78 is 0. The molecule has 2 N–H and O–H groups in total. The summed E-state index contributed by atoms with van der Waals surface area (Å²) >= 11 is 0. The van der Waals surface area contributed by atoms with Gasteiger partial charge in [-0.1, -0.05) is 13.8 Å². The Bertz CT molecular complexity index is 1060. The second-order valence-electron chi connectivity index (χ2n) is 9.23. The molecule has 3 aliphatic rings. The molecule has 4 heterocycles. The average Bonchev–Trinajstić information content (AvgIpc) is 3.22. The number of aromatic nitrogens is 3. The van der Waals surface area contributed by atoms with Gasteiger partial charge in [0.15, 0.2) is 5.69 Å². The van der Waals surface area contributed by atoms with E-state index in [0.717, 1.165) is 47.0 Å². The molecular weight excluding hydrogens is 374 g/mol. The van der Waals surface area contributed by atoms with Gasteiger partial charge in [0.25, 0.3) is 5.91 Å². The van der Waals surface area contributed by atoms with Gasteiger partial charge in [-0.05, 0) is 80.3 Å². The Kier molecular flexibility index (Phi) is 4.93. The third-order valence-electron chi connectivity index (χ3n) is 6.43. The molecule has 3 aromatic rings. The lowest BCUT2D eigenvalue weighted by atomic mass is 9.80. The average molecular weight is 404 g/mol. The molecule has 1 aliphatic carbocycles. The molecule has 1 saturated carbocycles. The number of fused-ring (bicyclic) bond motifs is 4. The number of benzene rings is 1. The third kappa shape index (κ3) is 3.78. The van der Waals surface area contributed by atoms with Gasteiger partial charge in [0, 0.05) is 29.4 Å². The summed E-state index contributed by atoms with van der Waals surface area (Å²) in [4.78, 5) is 20.0. The fourth-order valence-corrected chi connectivity index (χ4v) is 4.92. The van der Waals surface area contributed by atoms with E-state index < -0.39 is 0 Å². The third-order valence-corrected chi connectivity index (χ3v) is 6.43. The van der Waals surface area contributed by atoms with Crippen LogP contribution < -0.4 is 10.2 Å². The number of pyridine rings is 1. The van der Waals surface area contributed by atoms with Crippen molar-refractivity contribution in [2.75, 3.05) is 16.8 Å². The molecule has 1 aromatic carbocycles. The summed E-state index contributed by atoms with van der Waals surface area (Å²) in [5.41, 5.74) is 3.12. The van der Waals surface area contributed by atoms with E-state index in [0.29, 0.717) is 17.7 Å². The number of aromatic amines is 1. The number of anilines is 2. The van der Waals surface area contributed by atoms with Gasteiger partial charge in [0.2, 0.25) is 0 Å². The lowest BCUT2D eigenvalue weighted by molar-refractivity contribution is 0.102. The number of piperidine rings is 2. The van der Waals surface area contributed by atoms with Gasteiger partial charge in [0.05, 0.1) is 5.52 Å². The zero-order valence-electron chi connectivity index (χ0n) is 17.7. The quantitative estimate of drug-likeness (QED) is 0.642. The summed E-state index contributed by atoms with van der Waals surface area (Å²) in [5, 5.41) is 11.1. The number of hydrogen-bond donors (Lipinski definition) is 2. The predicted octanol–water partition coefficient (Wildman–Crippen LogP) is 4.79. The van der Waals surface area contributed by atoms with Crippen molar-refractivity contribution in [3.05, 3.63) is 47.8 Å². The van der Waals surface area contributed by atoms with E-state index in [1.165, 1.54) is 25.7 Å². The van der Waals surface area contributed by atoms with Gasteiger partial charge < -0.3 is 10.2 Å². The summed E-state index contributed by atoms with van der Waals surface area (Å²) in [7, 11) is 0. The first-order valence-corrected chi connectivity index (χ1v) is 11.1. The van der Waals surface area contributed by atoms with E-state index in [9.17, 15) is 4.79 Å². The number of carbonyl (C=O) groups excluding carboxylic acids is 1. The maximum Gasteiger partial charge on any atom is 0.276 e. The van der Waals surface area contributed by atoms with Crippen LogP contribution in [0.3, 0.4) is 0 Å². The van der Waals surface area contributed by atoms with E-state index >= 15 is 0 Å². The van der Waals surface area contributed by atoms with Gasteiger partial charge in [-0.25, -0.2) is 4.98 Å². The Morgan fingerprint density at radius 1 is 1.17 bits per heavy atom. The smallest absolute Gasteiger partial charge is 0.276 e. The second kappa shape index (κ2) is 7.74. The Morgan fingerprint density at radius 3 is 2.73 bits per heavy atom. The number of amides is 1. The monoisotopic (exact) mass is 403 g/mol. The number of nitrogens with one attached hydrogen (secondary N) is 2. The minimum Gasteiger partial charge on any atom is -0.353 e. The van der Waals surface area contributed by atoms with Gasteiger partial charge in [-0.15, -0.1) is 0 Å². The Labute approximate surface area is 177 Å². The SMILES string of the molecule is CC(C)Cc1cc(C(=O)Nc2ccc3nc(N4CC5CCC4CC5)ccc3c2)n[nH]1. The Morgan fingerprint density at radius 2 is 2.00 bits per heavy atom. The van der Waals surface area contributed by atoms with Crippen molar-refractivity contribution in [1.29, 1.82) is 0 Å². The molecule has 6 nitrogen and oxygen atoms in total. The highest BCUT2D eigenvalue weighted by molar-refractivity contribution is 6.03. The number of carbonyl (C=O) groups is 1. The summed E-state index contributed by atoms with van der Waals surface area (Å²) in [6.07, 6.45) is 6.20. The highest BCUT2D eigenvalue weighted by Gasteiger charge is 2.34. The number of hydrogen-bond acceptors (Lipinski definition) is 4. The maximum atomic E-state index is 12.6. The minimum absolute atomic E-state index is 0.200. The fourth-order valence-electron chi connectivity index (χ4n) is 4.92. The number of H-pyrrole nitrogens is 1. The van der Waals surface area contributed by atoms with Crippen LogP contribution in [0.25, 0.3) is 10.9 Å². The Balaban J connectivity index is 1.31. The molecule has 2 bridgehead atoms. The standard InChI is InChI=1S/C24H29N5O/c1-15(2)11-19-13-22(28-27-19)24(30)25-18-6-9-21-17(12-18)5-10-23(26-21)29-14-16-3-7-20(29)8-4-16/h5-6,9-10,12-13,15-16,20H,3-4,7-8,11,14H2,1-2H3,(H,25,30)(H,27,28). The largest absolute Gasteiger partial charge is 0.353 e. The summed E-state index contributed by atoms with van der Waals surface area (Å²) in [6, 6.07) is 12.6. The van der Waals surface area contributed by atoms with Gasteiger partial charge in [-0.2, -0.15) is 5.10 Å². The molecule has 0 radical (unpaired) electrons. The highest BCUT2D eigenvalue weighted by Crippen LogP contribution is 2.37. The maximum absolute atomic E-state index is 12.6. The molecule has 6 heteroatoms. The molecule has 6 rings (SSSR count). The van der Waals surface area contributed by atoms with E-state index in [1.807, 2.05) is 24.3 Å². The first-order valence-electron chi connectivity index (χ1n) is 11.1. The molecule has 2 saturated heterocycles. The first kappa shape index (κ1) is 19.1. The summed E-state index contributed by atoms with van der Waals surface area (Å²) in [6.45, 7) is 5.43. The van der Waals surface area contributed by atoms with E-state index in [-0.39, 0.29) is 5.91 Å². The second-order valence-corrected chi connectivity index (χ2v) is 9.23. The molecule has 1 amide bonds. The van der Waals surface area contributed by atoms with Gasteiger partial charge >= 0.3 is 0 Å². The fraction of sp³-hybridized carbons (Fsp3) is 0.458. The lowest BCUT2D eigenvalue weighted by Crippen LogP contribution is -2.48. The van der Waals surface area contributed by atoms with Crippen molar-refractivity contribution in [3.8, 4) is 0 Å². The van der Waals surface area contributed by atoms with Crippen molar-refractivity contribution in [1.82, 2.24) is 15.2 Å². The van der Waals surface area contributed by atoms with Crippen LogP contribution >= 0.6 is 0 Å². The van der Waals surface area contributed by atoms with Crippen LogP contribution in [-0.4, -0.2) is 33.7 Å². The molecule has 2 aromatic heterocycles. The molecular formula is C24H29N5O. The van der Waals surface area contributed by atoms with Crippen LogP contribution in [0.4, 0.5) is 11.5 Å². The zero-order chi connectivity index (χ0) is 20.7. The molecule has 30 heavy (non-hydrogen) atoms. The normalized spacial score (nSPS) is 20.8. The van der Waals surface area contributed by atoms with Crippen LogP contribution in [0, 0.1) is 11.8 Å². The molecule has 156 valence electrons. The van der Waals surface area contributed by atoms with E-state index in [4.69, 9.17) is 4.98 Å². The van der Waals surface area contributed by atoms with Crippen molar-refractivity contribution < 1.29 is 4.79 Å². The van der Waals surface area contributed by atoms with Crippen molar-refractivity contribution >= 4 is 28.3 Å². The number of nitrogens with zero attached hydrogens (tertiary/aromatic N) is 3. The van der Waals surface area contributed by atoms with Crippen LogP contribution in [0.5, 0.6) is 0 Å². The Hall–Kier alpha value is -2.89. The van der Waals surface area contributed by atoms with Crippen molar-refractivity contribution in [2.45, 2.75) is 52.0 Å². The van der Waals surface area contributed by atoms with Crippen molar-refractivity contribution in [3.63, 3.8) is 0 Å².